The van der Waals surface area contributed by atoms with E-state index in [0.717, 1.165) is 50.0 Å². The fourth-order valence-corrected chi connectivity index (χ4v) is 8.16. The van der Waals surface area contributed by atoms with Gasteiger partial charge in [-0.15, -0.1) is 16.2 Å². The van der Waals surface area contributed by atoms with Crippen LogP contribution in [-0.2, 0) is 0 Å². The quantitative estimate of drug-likeness (QED) is 0.171. The largest absolute Gasteiger partial charge is 0.454 e. The van der Waals surface area contributed by atoms with Gasteiger partial charge in [0.25, 0.3) is 0 Å². The fourth-order valence-electron chi connectivity index (χ4n) is 6.92. The molecule has 0 aliphatic heterocycles. The highest BCUT2D eigenvalue weighted by Gasteiger charge is 2.24. The smallest absolute Gasteiger partial charge is 0.175 e. The number of nitrogens with zero attached hydrogens (tertiary/aromatic N) is 2. The number of thiophene rings is 1. The van der Waals surface area contributed by atoms with Crippen molar-refractivity contribution in [2.75, 3.05) is 4.90 Å². The predicted octanol–water partition coefficient (Wildman–Crippen LogP) is 13.5. The van der Waals surface area contributed by atoms with Crippen LogP contribution in [0.4, 0.5) is 22.7 Å². The summed E-state index contributed by atoms with van der Waals surface area (Å²) in [7, 11) is 0. The van der Waals surface area contributed by atoms with Crippen LogP contribution in [0.2, 0.25) is 0 Å². The summed E-state index contributed by atoms with van der Waals surface area (Å²) in [6.07, 6.45) is 0. The second-order valence-corrected chi connectivity index (χ2v) is 13.1. The Labute approximate surface area is 281 Å². The van der Waals surface area contributed by atoms with E-state index in [-0.39, 0.29) is 5.69 Å². The third-order valence-electron chi connectivity index (χ3n) is 9.22. The number of benzene rings is 7. The van der Waals surface area contributed by atoms with Crippen LogP contribution in [0.25, 0.3) is 64.4 Å². The molecule has 0 saturated carbocycles. The Bertz CT molecular complexity index is 2650. The van der Waals surface area contributed by atoms with E-state index < -0.39 is 0 Å². The molecule has 0 aliphatic carbocycles. The third kappa shape index (κ3) is 4.51. The molecule has 0 atom stereocenters. The van der Waals surface area contributed by atoms with Crippen LogP contribution < -0.4 is 4.90 Å². The zero-order chi connectivity index (χ0) is 32.2. The van der Waals surface area contributed by atoms with Crippen molar-refractivity contribution in [1.29, 1.82) is 0 Å². The minimum absolute atomic E-state index is 0.273. The van der Waals surface area contributed by atoms with Crippen molar-refractivity contribution in [3.8, 4) is 22.3 Å². The summed E-state index contributed by atoms with van der Waals surface area (Å²) in [5.41, 5.74) is 9.69. The minimum atomic E-state index is 0.273. The van der Waals surface area contributed by atoms with Crippen LogP contribution in [0.3, 0.4) is 0 Å². The Hall–Kier alpha value is -6.04. The first-order valence-corrected chi connectivity index (χ1v) is 16.7. The Balaban J connectivity index is 1.22. The summed E-state index contributed by atoms with van der Waals surface area (Å²) in [5, 5.41) is 7.98. The Kier molecular flexibility index (Phi) is 6.66. The molecule has 0 radical (unpaired) electrons. The first-order chi connectivity index (χ1) is 23.7. The molecule has 0 aliphatic rings. The van der Waals surface area contributed by atoms with Crippen molar-refractivity contribution in [1.82, 2.24) is 0 Å². The molecule has 9 rings (SSSR count). The summed E-state index contributed by atoms with van der Waals surface area (Å²) in [6, 6.07) is 52.4. The molecule has 4 nitrogen and oxygen atoms in total. The normalized spacial score (nSPS) is 11.5. The summed E-state index contributed by atoms with van der Waals surface area (Å²) >= 11 is 1.83. The number of aryl methyl sites for hydroxylation is 1. The molecule has 2 aromatic heterocycles. The van der Waals surface area contributed by atoms with Gasteiger partial charge in [-0.2, -0.15) is 0 Å². The number of furan rings is 1. The molecule has 48 heavy (non-hydrogen) atoms. The maximum absolute atomic E-state index is 12.7. The molecule has 0 amide bonds. The zero-order valence-electron chi connectivity index (χ0n) is 26.1. The molecule has 0 N–H and O–H groups in total. The van der Waals surface area contributed by atoms with E-state index in [1.807, 2.05) is 53.8 Å². The number of hydrogen-bond donors (Lipinski definition) is 0. The van der Waals surface area contributed by atoms with Gasteiger partial charge in [-0.1, -0.05) is 103 Å². The molecule has 0 spiro atoms. The summed E-state index contributed by atoms with van der Waals surface area (Å²) in [5.74, 6) is 0. The number of para-hydroxylation sites is 1. The molecule has 228 valence electrons. The first kappa shape index (κ1) is 28.2. The lowest BCUT2D eigenvalue weighted by Crippen LogP contribution is -2.11. The maximum Gasteiger partial charge on any atom is 0.175 e. The van der Waals surface area contributed by atoms with Gasteiger partial charge in [-0.3, -0.25) is 0 Å². The Morgan fingerprint density at radius 3 is 2.10 bits per heavy atom. The first-order valence-electron chi connectivity index (χ1n) is 15.9. The second-order valence-electron chi connectivity index (χ2n) is 12.0. The number of anilines is 3. The topological polar surface area (TPSA) is 45.8 Å². The van der Waals surface area contributed by atoms with E-state index in [1.165, 1.54) is 25.7 Å². The van der Waals surface area contributed by atoms with Crippen molar-refractivity contribution in [2.24, 2.45) is 5.18 Å². The molecular formula is C43H28N2O2S. The van der Waals surface area contributed by atoms with E-state index >= 15 is 0 Å². The molecule has 2 heterocycles. The van der Waals surface area contributed by atoms with Gasteiger partial charge < -0.3 is 9.32 Å². The highest BCUT2D eigenvalue weighted by Crippen LogP contribution is 2.48. The monoisotopic (exact) mass is 636 g/mol. The average molecular weight is 637 g/mol. The molecule has 0 bridgehead atoms. The van der Waals surface area contributed by atoms with Crippen LogP contribution in [0, 0.1) is 11.8 Å². The van der Waals surface area contributed by atoms with Crippen molar-refractivity contribution >= 4 is 76.2 Å². The lowest BCUT2D eigenvalue weighted by molar-refractivity contribution is 0.669. The van der Waals surface area contributed by atoms with Crippen LogP contribution in [-0.4, -0.2) is 0 Å². The minimum Gasteiger partial charge on any atom is -0.454 e. The molecule has 0 fully saturated rings. The van der Waals surface area contributed by atoms with Gasteiger partial charge in [0, 0.05) is 42.3 Å². The van der Waals surface area contributed by atoms with Gasteiger partial charge in [0.1, 0.15) is 5.58 Å². The summed E-state index contributed by atoms with van der Waals surface area (Å²) in [4.78, 5) is 14.8. The van der Waals surface area contributed by atoms with Crippen molar-refractivity contribution in [2.45, 2.75) is 6.92 Å². The van der Waals surface area contributed by atoms with Crippen molar-refractivity contribution < 1.29 is 4.42 Å². The molecule has 0 saturated heterocycles. The molecule has 7 aromatic carbocycles. The van der Waals surface area contributed by atoms with Crippen molar-refractivity contribution in [3.05, 3.63) is 162 Å². The molecular weight excluding hydrogens is 609 g/mol. The van der Waals surface area contributed by atoms with Gasteiger partial charge in [-0.05, 0) is 88.4 Å². The average Bonchev–Trinajstić information content (AvgIpc) is 3.72. The van der Waals surface area contributed by atoms with Gasteiger partial charge in [0.05, 0.1) is 5.69 Å². The van der Waals surface area contributed by atoms with Crippen LogP contribution >= 0.6 is 11.3 Å². The number of hydrogen-bond acceptors (Lipinski definition) is 5. The van der Waals surface area contributed by atoms with Crippen LogP contribution in [0.15, 0.2) is 161 Å². The van der Waals surface area contributed by atoms with Crippen LogP contribution in [0.5, 0.6) is 0 Å². The van der Waals surface area contributed by atoms with Gasteiger partial charge >= 0.3 is 0 Å². The lowest BCUT2D eigenvalue weighted by Gasteiger charge is -2.28. The van der Waals surface area contributed by atoms with Gasteiger partial charge in [0.15, 0.2) is 11.3 Å². The highest BCUT2D eigenvalue weighted by molar-refractivity contribution is 7.26. The summed E-state index contributed by atoms with van der Waals surface area (Å²) in [6.45, 7) is 2.11. The van der Waals surface area contributed by atoms with E-state index in [1.54, 1.807) is 0 Å². The Morgan fingerprint density at radius 2 is 1.29 bits per heavy atom. The van der Waals surface area contributed by atoms with E-state index in [2.05, 4.69) is 126 Å². The van der Waals surface area contributed by atoms with Crippen LogP contribution in [0.1, 0.15) is 5.56 Å². The predicted molar refractivity (Wildman–Crippen MR) is 202 cm³/mol. The number of fused-ring (bicyclic) bond motifs is 6. The number of rotatable bonds is 6. The van der Waals surface area contributed by atoms with E-state index in [0.29, 0.717) is 11.3 Å². The maximum atomic E-state index is 12.7. The highest BCUT2D eigenvalue weighted by atomic mass is 32.1. The SMILES string of the molecule is Cc1cc(-c2ccccc2)ccc1N(c1ccc(-c2cccc3c2sc2ccccc23)cc1)c1ccc2c(oc3ccccc32)c1N=O. The van der Waals surface area contributed by atoms with Crippen molar-refractivity contribution in [3.63, 3.8) is 0 Å². The van der Waals surface area contributed by atoms with E-state index in [9.17, 15) is 4.91 Å². The Morgan fingerprint density at radius 1 is 0.583 bits per heavy atom. The van der Waals surface area contributed by atoms with E-state index in [4.69, 9.17) is 4.42 Å². The fraction of sp³-hybridized carbons (Fsp3) is 0.0233. The zero-order valence-corrected chi connectivity index (χ0v) is 26.9. The van der Waals surface area contributed by atoms with Gasteiger partial charge in [0.2, 0.25) is 0 Å². The molecule has 0 unspecified atom stereocenters. The standard InChI is InChI=1S/C43H28N2O2S/c1-27-26-30(28-10-3-2-4-11-28)20-24-37(27)45(38-25-23-35-33-12-5-7-16-39(33)47-42(35)41(38)44-46)31-21-18-29(19-22-31)32-14-9-15-36-34-13-6-8-17-40(34)48-43(32)36/h2-26H,1H3. The second kappa shape index (κ2) is 11.3. The molecule has 5 heteroatoms. The molecule has 9 aromatic rings. The third-order valence-corrected chi connectivity index (χ3v) is 10.4. The lowest BCUT2D eigenvalue weighted by atomic mass is 10.00. The summed E-state index contributed by atoms with van der Waals surface area (Å²) < 4.78 is 8.83. The van der Waals surface area contributed by atoms with Gasteiger partial charge in [-0.25, -0.2) is 0 Å². The number of nitroso groups, excluding NO2 is 1.